The summed E-state index contributed by atoms with van der Waals surface area (Å²) in [6.07, 6.45) is 29.3. The number of ether oxygens (including phenoxy) is 4. The van der Waals surface area contributed by atoms with Gasteiger partial charge in [-0.2, -0.15) is 0 Å². The zero-order chi connectivity index (χ0) is 102. The molecule has 0 amide bonds. The van der Waals surface area contributed by atoms with Gasteiger partial charge in [-0.3, -0.25) is 0 Å². The fourth-order valence-electron chi connectivity index (χ4n) is 25.1. The Morgan fingerprint density at radius 1 is 0.204 bits per heavy atom. The van der Waals surface area contributed by atoms with Crippen molar-refractivity contribution in [3.8, 4) is 67.5 Å². The monoisotopic (exact) mass is 2020 g/mol. The van der Waals surface area contributed by atoms with E-state index in [4.69, 9.17) is 0 Å². The molecule has 16 rings (SSSR count). The van der Waals surface area contributed by atoms with Crippen molar-refractivity contribution in [2.24, 2.45) is 71.0 Å². The van der Waals surface area contributed by atoms with Crippen molar-refractivity contribution in [2.75, 3.05) is 0 Å². The Labute approximate surface area is 818 Å². The van der Waals surface area contributed by atoms with E-state index in [2.05, 4.69) is 46.6 Å². The molecule has 8 fully saturated rings. The van der Waals surface area contributed by atoms with E-state index in [0.717, 1.165) is 199 Å². The van der Waals surface area contributed by atoms with Crippen LogP contribution in [0.4, 0.5) is 105 Å². The van der Waals surface area contributed by atoms with Crippen LogP contribution in [0.1, 0.15) is 343 Å². The maximum absolute atomic E-state index is 15.0. The summed E-state index contributed by atoms with van der Waals surface area (Å²) in [6.45, 7) is 8.98. The highest BCUT2D eigenvalue weighted by atomic mass is 19.4. The molecule has 0 spiro atoms. The number of halogens is 24. The van der Waals surface area contributed by atoms with Crippen molar-refractivity contribution >= 4 is 0 Å². The lowest BCUT2D eigenvalue weighted by Crippen LogP contribution is -2.25. The van der Waals surface area contributed by atoms with Gasteiger partial charge in [-0.15, -0.1) is 52.7 Å². The largest absolute Gasteiger partial charge is 0.573 e. The Balaban J connectivity index is 0.000000159. The van der Waals surface area contributed by atoms with E-state index >= 15 is 0 Å². The Bertz CT molecular complexity index is 5260. The highest BCUT2D eigenvalue weighted by molar-refractivity contribution is 5.70. The quantitative estimate of drug-likeness (QED) is 0.0400. The lowest BCUT2D eigenvalue weighted by molar-refractivity contribution is -0.276. The highest BCUT2D eigenvalue weighted by Crippen LogP contribution is 2.53. The summed E-state index contributed by atoms with van der Waals surface area (Å²) >= 11 is 0. The predicted octanol–water partition coefficient (Wildman–Crippen LogP) is 39.0. The fraction of sp³-hybridized carbons (Fsp3) is 0.579. The molecule has 0 radical (unpaired) electrons. The van der Waals surface area contributed by atoms with Crippen molar-refractivity contribution in [2.45, 2.75) is 346 Å². The molecule has 0 bridgehead atoms. The van der Waals surface area contributed by atoms with Gasteiger partial charge in [-0.25, -0.2) is 52.7 Å². The van der Waals surface area contributed by atoms with Crippen LogP contribution >= 0.6 is 0 Å². The first-order chi connectivity index (χ1) is 67.6. The van der Waals surface area contributed by atoms with Gasteiger partial charge in [-0.05, 0) is 390 Å². The summed E-state index contributed by atoms with van der Waals surface area (Å²) in [5, 5.41) is 0. The summed E-state index contributed by atoms with van der Waals surface area (Å²) in [5.41, 5.74) is -0.176. The molecule has 0 N–H and O–H groups in total. The summed E-state index contributed by atoms with van der Waals surface area (Å²) < 4.78 is 339. The minimum absolute atomic E-state index is 0.0685. The number of benzene rings is 8. The van der Waals surface area contributed by atoms with Gasteiger partial charge in [-0.1, -0.05) is 168 Å². The molecule has 780 valence electrons. The Kier molecular flexibility index (Phi) is 39.0. The molecule has 0 atom stereocenters. The average Bonchev–Trinajstić information content (AvgIpc) is 0.796. The second kappa shape index (κ2) is 50.1. The third-order valence-corrected chi connectivity index (χ3v) is 32.7. The molecule has 0 aromatic heterocycles. The molecule has 0 heterocycles. The predicted molar refractivity (Wildman–Crippen MR) is 503 cm³/mol. The minimum Gasteiger partial charge on any atom is -0.403 e. The van der Waals surface area contributed by atoms with Crippen molar-refractivity contribution in [1.82, 2.24) is 0 Å². The van der Waals surface area contributed by atoms with Crippen LogP contribution in [0.2, 0.25) is 0 Å². The van der Waals surface area contributed by atoms with Crippen LogP contribution in [0.15, 0.2) is 121 Å². The normalized spacial score (nSPS) is 25.3. The van der Waals surface area contributed by atoms with Crippen LogP contribution in [0.25, 0.3) is 44.5 Å². The summed E-state index contributed by atoms with van der Waals surface area (Å²) in [6, 6.07) is 19.9. The van der Waals surface area contributed by atoms with E-state index in [1.807, 2.05) is 0 Å². The van der Waals surface area contributed by atoms with Gasteiger partial charge in [0.05, 0.1) is 22.3 Å². The Morgan fingerprint density at radius 2 is 0.394 bits per heavy atom. The molecule has 8 aliphatic carbocycles. The molecule has 0 saturated heterocycles. The van der Waals surface area contributed by atoms with E-state index < -0.39 is 141 Å². The van der Waals surface area contributed by atoms with Gasteiger partial charge in [0, 0.05) is 0 Å². The van der Waals surface area contributed by atoms with Crippen LogP contribution < -0.4 is 18.9 Å². The van der Waals surface area contributed by atoms with E-state index in [-0.39, 0.29) is 45.9 Å². The summed E-state index contributed by atoms with van der Waals surface area (Å²) in [4.78, 5) is 0. The number of hydrogen-bond donors (Lipinski definition) is 0. The first-order valence-electron chi connectivity index (χ1n) is 51.8. The number of unbranched alkanes of at least 4 members (excludes halogenated alkanes) is 3. The number of rotatable bonds is 26. The Morgan fingerprint density at radius 3 is 0.577 bits per heavy atom. The standard InChI is InChI=1S/C30H36F6O.C29H34F6O.C28H32F6O.C27H30F6O/c1-2-3-4-5-19-6-8-20(9-7-19)21-10-12-22(13-11-21)24-17-26(32)29(27(33)18-24)23-14-15-28(25(31)16-23)37-30(34,35)36;1-2-3-4-18-5-7-19(8-6-18)20-9-11-21(12-10-20)23-16-25(31)28(26(32)17-23)22-13-14-27(24(30)15-22)36-29(33,34)35;1-2-3-17-4-6-18(7-5-17)19-8-10-20(11-9-19)22-15-24(30)27(25(31)16-22)21-12-13-26(23(29)14-21)35-28(32,33)34;1-2-16-3-5-17(6-4-16)18-7-9-19(10-8-18)21-14-23(29)26(24(30)15-21)20-11-12-25(22(28)13-20)34-27(31,32)33/h14-22H,2-13H2,1H3;13-21H,2-12H2,1H3;12-20H,2-11H2,1H3;11-19H,2-10H2,1H3. The average molecular weight is 2020 g/mol. The van der Waals surface area contributed by atoms with Gasteiger partial charge >= 0.3 is 25.4 Å². The molecule has 0 aliphatic heterocycles. The van der Waals surface area contributed by atoms with Crippen molar-refractivity contribution < 1.29 is 124 Å². The maximum atomic E-state index is 15.0. The lowest BCUT2D eigenvalue weighted by Gasteiger charge is -2.38. The molecule has 28 heteroatoms. The first kappa shape index (κ1) is 110. The fourth-order valence-corrected chi connectivity index (χ4v) is 25.1. The molecule has 4 nitrogen and oxygen atoms in total. The second-order valence-corrected chi connectivity index (χ2v) is 41.6. The zero-order valence-corrected chi connectivity index (χ0v) is 81.2. The van der Waals surface area contributed by atoms with Crippen LogP contribution in [0.3, 0.4) is 0 Å². The summed E-state index contributed by atoms with van der Waals surface area (Å²) in [5.74, 6) is -6.78. The topological polar surface area (TPSA) is 36.9 Å². The van der Waals surface area contributed by atoms with E-state index in [1.165, 1.54) is 215 Å². The molecule has 0 unspecified atom stereocenters. The molecular weight excluding hydrogens is 1890 g/mol. The molecule has 8 aromatic rings. The van der Waals surface area contributed by atoms with Gasteiger partial charge in [0.1, 0.15) is 46.5 Å². The van der Waals surface area contributed by atoms with Gasteiger partial charge < -0.3 is 18.9 Å². The van der Waals surface area contributed by atoms with Crippen molar-refractivity contribution in [3.63, 3.8) is 0 Å². The molecule has 142 heavy (non-hydrogen) atoms. The van der Waals surface area contributed by atoms with Gasteiger partial charge in [0.2, 0.25) is 0 Å². The van der Waals surface area contributed by atoms with Crippen molar-refractivity contribution in [3.05, 3.63) is 213 Å². The van der Waals surface area contributed by atoms with Crippen molar-refractivity contribution in [1.29, 1.82) is 0 Å². The minimum atomic E-state index is -5.06. The SMILES string of the molecule is CCC1CCC(C2CCC(c3cc(F)c(-c4ccc(OC(F)(F)F)c(F)c4)c(F)c3)CC2)CC1.CCCC1CCC(C2CCC(c3cc(F)c(-c4ccc(OC(F)(F)F)c(F)c4)c(F)c3)CC2)CC1.CCCCC1CCC(C2CCC(c3cc(F)c(-c4ccc(OC(F)(F)F)c(F)c4)c(F)c3)CC2)CC1.CCCCCC1CCC(C2CCC(c3cc(F)c(-c4ccc(OC(F)(F)F)c(F)c4)c(F)c3)CC2)CC1. The summed E-state index contributed by atoms with van der Waals surface area (Å²) in [7, 11) is 0. The second-order valence-electron chi connectivity index (χ2n) is 41.6. The molecule has 8 aliphatic rings. The van der Waals surface area contributed by atoms with Crippen LogP contribution in [-0.2, 0) is 0 Å². The number of alkyl halides is 12. The highest BCUT2D eigenvalue weighted by Gasteiger charge is 2.42. The van der Waals surface area contributed by atoms with E-state index in [0.29, 0.717) is 70.2 Å². The molecular formula is C114H132F24O4. The molecule has 8 saturated carbocycles. The van der Waals surface area contributed by atoms with Crippen LogP contribution in [-0.4, -0.2) is 25.4 Å². The number of hydrogen-bond acceptors (Lipinski definition) is 4. The molecule has 8 aromatic carbocycles. The third-order valence-electron chi connectivity index (χ3n) is 32.7. The van der Waals surface area contributed by atoms with Crippen LogP contribution in [0, 0.1) is 141 Å². The van der Waals surface area contributed by atoms with Gasteiger partial charge in [0.25, 0.3) is 0 Å². The smallest absolute Gasteiger partial charge is 0.403 e. The van der Waals surface area contributed by atoms with E-state index in [9.17, 15) is 105 Å². The third kappa shape index (κ3) is 30.7. The first-order valence-corrected chi connectivity index (χ1v) is 51.8. The van der Waals surface area contributed by atoms with E-state index in [1.54, 1.807) is 0 Å². The Hall–Kier alpha value is -8.72. The zero-order valence-electron chi connectivity index (χ0n) is 81.2. The van der Waals surface area contributed by atoms with Crippen LogP contribution in [0.5, 0.6) is 23.0 Å². The van der Waals surface area contributed by atoms with Gasteiger partial charge in [0.15, 0.2) is 46.3 Å². The lowest BCUT2D eigenvalue weighted by atomic mass is 9.68. The maximum Gasteiger partial charge on any atom is 0.573 e.